The average molecular weight is 189 g/mol. The second kappa shape index (κ2) is 5.06. The summed E-state index contributed by atoms with van der Waals surface area (Å²) in [6.07, 6.45) is 1.67. The second-order valence-corrected chi connectivity index (χ2v) is 2.74. The molecule has 1 N–H and O–H groups in total. The van der Waals surface area contributed by atoms with Crippen molar-refractivity contribution in [1.29, 1.82) is 0 Å². The number of hydrogen-bond donors (Lipinski definition) is 1. The van der Waals surface area contributed by atoms with Crippen LogP contribution in [0.3, 0.4) is 0 Å². The Morgan fingerprint density at radius 3 is 2.92 bits per heavy atom. The lowest BCUT2D eigenvalue weighted by Gasteiger charge is -2.00. The van der Waals surface area contributed by atoms with Crippen molar-refractivity contribution in [3.63, 3.8) is 0 Å². The Balaban J connectivity index is 2.37. The zero-order valence-corrected chi connectivity index (χ0v) is 7.31. The summed E-state index contributed by atoms with van der Waals surface area (Å²) in [6, 6.07) is 3.58. The van der Waals surface area contributed by atoms with Crippen LogP contribution in [0.4, 0.5) is 4.39 Å². The largest absolute Gasteiger partial charge is 0.310 e. The second-order valence-electron chi connectivity index (χ2n) is 2.35. The van der Waals surface area contributed by atoms with Gasteiger partial charge in [-0.25, -0.2) is 9.37 Å². The van der Waals surface area contributed by atoms with Crippen LogP contribution >= 0.6 is 11.6 Å². The molecule has 0 aliphatic heterocycles. The van der Waals surface area contributed by atoms with E-state index in [2.05, 4.69) is 10.3 Å². The molecule has 0 unspecified atom stereocenters. The van der Waals surface area contributed by atoms with Gasteiger partial charge in [0.2, 0.25) is 0 Å². The van der Waals surface area contributed by atoms with Crippen molar-refractivity contribution in [2.75, 3.05) is 13.2 Å². The van der Waals surface area contributed by atoms with E-state index in [1.807, 2.05) is 6.07 Å². The highest BCUT2D eigenvalue weighted by Crippen LogP contribution is 2.04. The van der Waals surface area contributed by atoms with Gasteiger partial charge in [0.25, 0.3) is 0 Å². The van der Waals surface area contributed by atoms with Crippen LogP contribution in [0.15, 0.2) is 18.3 Å². The van der Waals surface area contributed by atoms with Crippen LogP contribution in [-0.2, 0) is 6.54 Å². The maximum atomic E-state index is 11.7. The average Bonchev–Trinajstić information content (AvgIpc) is 2.09. The third kappa shape index (κ3) is 3.15. The molecule has 0 aromatic carbocycles. The Labute approximate surface area is 75.8 Å². The molecule has 0 saturated heterocycles. The molecule has 0 bridgehead atoms. The molecule has 0 spiro atoms. The van der Waals surface area contributed by atoms with Crippen LogP contribution in [0.5, 0.6) is 0 Å². The van der Waals surface area contributed by atoms with Crippen molar-refractivity contribution in [1.82, 2.24) is 10.3 Å². The first kappa shape index (κ1) is 9.42. The van der Waals surface area contributed by atoms with Crippen LogP contribution in [0, 0.1) is 0 Å². The van der Waals surface area contributed by atoms with Crippen LogP contribution in [0.25, 0.3) is 0 Å². The molecule has 1 heterocycles. The molecule has 66 valence electrons. The molecule has 0 saturated carbocycles. The van der Waals surface area contributed by atoms with Gasteiger partial charge in [-0.15, -0.1) is 0 Å². The van der Waals surface area contributed by atoms with E-state index in [1.54, 1.807) is 12.3 Å². The summed E-state index contributed by atoms with van der Waals surface area (Å²) < 4.78 is 11.7. The quantitative estimate of drug-likeness (QED) is 0.576. The molecule has 1 aromatic heterocycles. The predicted octanol–water partition coefficient (Wildman–Crippen LogP) is 1.79. The van der Waals surface area contributed by atoms with Crippen LogP contribution < -0.4 is 5.32 Å². The molecule has 0 aliphatic rings. The number of rotatable bonds is 4. The summed E-state index contributed by atoms with van der Waals surface area (Å²) in [4.78, 5) is 3.89. The minimum Gasteiger partial charge on any atom is -0.310 e. The van der Waals surface area contributed by atoms with Crippen LogP contribution in [-0.4, -0.2) is 18.2 Å². The lowest BCUT2D eigenvalue weighted by molar-refractivity contribution is 0.466. The lowest BCUT2D eigenvalue weighted by Crippen LogP contribution is -2.15. The van der Waals surface area contributed by atoms with Gasteiger partial charge in [-0.05, 0) is 11.6 Å². The van der Waals surface area contributed by atoms with E-state index in [4.69, 9.17) is 11.6 Å². The van der Waals surface area contributed by atoms with Gasteiger partial charge in [-0.2, -0.15) is 0 Å². The van der Waals surface area contributed by atoms with Crippen molar-refractivity contribution in [2.45, 2.75) is 6.54 Å². The van der Waals surface area contributed by atoms with Crippen molar-refractivity contribution >= 4 is 11.6 Å². The summed E-state index contributed by atoms with van der Waals surface area (Å²) >= 11 is 5.58. The Morgan fingerprint density at radius 2 is 2.33 bits per heavy atom. The van der Waals surface area contributed by atoms with Crippen molar-refractivity contribution in [2.24, 2.45) is 0 Å². The molecular weight excluding hydrogens is 179 g/mol. The maximum absolute atomic E-state index is 11.7. The fraction of sp³-hybridized carbons (Fsp3) is 0.375. The van der Waals surface area contributed by atoms with Gasteiger partial charge in [0.05, 0.1) is 0 Å². The summed E-state index contributed by atoms with van der Waals surface area (Å²) in [5, 5.41) is 3.39. The van der Waals surface area contributed by atoms with E-state index in [-0.39, 0.29) is 6.67 Å². The van der Waals surface area contributed by atoms with Crippen molar-refractivity contribution in [3.05, 3.63) is 29.0 Å². The molecule has 0 amide bonds. The number of hydrogen-bond acceptors (Lipinski definition) is 2. The highest BCUT2D eigenvalue weighted by molar-refractivity contribution is 6.29. The fourth-order valence-electron chi connectivity index (χ4n) is 0.811. The van der Waals surface area contributed by atoms with Crippen molar-refractivity contribution < 1.29 is 4.39 Å². The van der Waals surface area contributed by atoms with Gasteiger partial charge in [0, 0.05) is 19.3 Å². The third-order valence-electron chi connectivity index (χ3n) is 1.39. The predicted molar refractivity (Wildman–Crippen MR) is 46.9 cm³/mol. The van der Waals surface area contributed by atoms with Crippen LogP contribution in [0.2, 0.25) is 5.15 Å². The SMILES string of the molecule is FCCNCc1ccc(Cl)nc1. The number of nitrogens with zero attached hydrogens (tertiary/aromatic N) is 1. The lowest BCUT2D eigenvalue weighted by atomic mass is 10.3. The topological polar surface area (TPSA) is 24.9 Å². The molecule has 0 atom stereocenters. The van der Waals surface area contributed by atoms with E-state index in [0.717, 1.165) is 5.56 Å². The number of halogens is 2. The third-order valence-corrected chi connectivity index (χ3v) is 1.61. The van der Waals surface area contributed by atoms with Crippen LogP contribution in [0.1, 0.15) is 5.56 Å². The molecular formula is C8H10ClFN2. The van der Waals surface area contributed by atoms with E-state index >= 15 is 0 Å². The number of nitrogens with one attached hydrogen (secondary N) is 1. The van der Waals surface area contributed by atoms with E-state index in [1.165, 1.54) is 0 Å². The Kier molecular flexibility index (Phi) is 3.97. The first-order valence-corrected chi connectivity index (χ1v) is 4.08. The minimum absolute atomic E-state index is 0.346. The Hall–Kier alpha value is -0.670. The molecule has 1 aromatic rings. The van der Waals surface area contributed by atoms with Gasteiger partial charge in [0.15, 0.2) is 0 Å². The number of aromatic nitrogens is 1. The summed E-state index contributed by atoms with van der Waals surface area (Å²) in [6.45, 7) is 0.664. The number of alkyl halides is 1. The van der Waals surface area contributed by atoms with Gasteiger partial charge in [-0.1, -0.05) is 17.7 Å². The molecule has 1 rings (SSSR count). The molecule has 0 radical (unpaired) electrons. The zero-order valence-electron chi connectivity index (χ0n) is 6.56. The van der Waals surface area contributed by atoms with Crippen molar-refractivity contribution in [3.8, 4) is 0 Å². The molecule has 0 aliphatic carbocycles. The van der Waals surface area contributed by atoms with Gasteiger partial charge < -0.3 is 5.32 Å². The minimum atomic E-state index is -0.346. The first-order valence-electron chi connectivity index (χ1n) is 3.70. The Morgan fingerprint density at radius 1 is 1.50 bits per heavy atom. The van der Waals surface area contributed by atoms with E-state index in [9.17, 15) is 4.39 Å². The van der Waals surface area contributed by atoms with E-state index in [0.29, 0.717) is 18.2 Å². The monoisotopic (exact) mass is 188 g/mol. The molecule has 4 heteroatoms. The fourth-order valence-corrected chi connectivity index (χ4v) is 0.922. The standard InChI is InChI=1S/C8H10ClFN2/c9-8-2-1-7(6-12-8)5-11-4-3-10/h1-2,6,11H,3-5H2. The molecule has 2 nitrogen and oxygen atoms in total. The van der Waals surface area contributed by atoms with Gasteiger partial charge >= 0.3 is 0 Å². The zero-order chi connectivity index (χ0) is 8.81. The first-order chi connectivity index (χ1) is 5.83. The highest BCUT2D eigenvalue weighted by Gasteiger charge is 1.92. The summed E-state index contributed by atoms with van der Waals surface area (Å²) in [5.74, 6) is 0. The maximum Gasteiger partial charge on any atom is 0.129 e. The Bertz CT molecular complexity index is 225. The van der Waals surface area contributed by atoms with Gasteiger partial charge in [0.1, 0.15) is 11.8 Å². The molecule has 0 fully saturated rings. The molecule has 12 heavy (non-hydrogen) atoms. The highest BCUT2D eigenvalue weighted by atomic mass is 35.5. The van der Waals surface area contributed by atoms with E-state index < -0.39 is 0 Å². The summed E-state index contributed by atoms with van der Waals surface area (Å²) in [5.41, 5.74) is 1.01. The summed E-state index contributed by atoms with van der Waals surface area (Å²) in [7, 11) is 0. The smallest absolute Gasteiger partial charge is 0.129 e. The van der Waals surface area contributed by atoms with Gasteiger partial charge in [-0.3, -0.25) is 0 Å². The number of pyridine rings is 1. The normalized spacial score (nSPS) is 10.2.